The second-order valence-electron chi connectivity index (χ2n) is 7.40. The van der Waals surface area contributed by atoms with Crippen LogP contribution in [0.25, 0.3) is 0 Å². The van der Waals surface area contributed by atoms with E-state index in [0.29, 0.717) is 12.5 Å². The van der Waals surface area contributed by atoms with Gasteiger partial charge in [-0.1, -0.05) is 27.7 Å². The molecule has 0 spiro atoms. The number of carbonyl (C=O) groups is 2. The highest BCUT2D eigenvalue weighted by atomic mass is 35.5. The van der Waals surface area contributed by atoms with Crippen molar-refractivity contribution in [3.63, 3.8) is 0 Å². The van der Waals surface area contributed by atoms with Crippen LogP contribution in [0.2, 0.25) is 0 Å². The molecule has 5 nitrogen and oxygen atoms in total. The fraction of sp³-hybridized carbons (Fsp3) is 0.875. The predicted octanol–water partition coefficient (Wildman–Crippen LogP) is 1.79. The molecule has 22 heavy (non-hydrogen) atoms. The number of nitrogens with one attached hydrogen (secondary N) is 1. The Hall–Kier alpha value is -0.810. The molecule has 0 aromatic rings. The monoisotopic (exact) mass is 333 g/mol. The molecule has 1 aliphatic heterocycles. The van der Waals surface area contributed by atoms with Crippen LogP contribution in [0.15, 0.2) is 0 Å². The molecule has 130 valence electrons. The Kier molecular flexibility index (Phi) is 8.40. The molecule has 2 amide bonds. The number of hydrogen-bond donors (Lipinski definition) is 2. The maximum absolute atomic E-state index is 12.3. The fourth-order valence-corrected chi connectivity index (χ4v) is 2.45. The Morgan fingerprint density at radius 1 is 1.32 bits per heavy atom. The van der Waals surface area contributed by atoms with E-state index in [1.54, 1.807) is 0 Å². The molecular formula is C16H32ClN3O2. The molecule has 1 heterocycles. The third-order valence-electron chi connectivity index (χ3n) is 4.24. The van der Waals surface area contributed by atoms with E-state index in [-0.39, 0.29) is 41.6 Å². The lowest BCUT2D eigenvalue weighted by molar-refractivity contribution is -0.137. The Morgan fingerprint density at radius 2 is 1.91 bits per heavy atom. The molecule has 3 N–H and O–H groups in total. The van der Waals surface area contributed by atoms with Gasteiger partial charge in [-0.05, 0) is 25.7 Å². The summed E-state index contributed by atoms with van der Waals surface area (Å²) in [6, 6.07) is -0.126. The van der Waals surface area contributed by atoms with Gasteiger partial charge >= 0.3 is 0 Å². The van der Waals surface area contributed by atoms with E-state index in [9.17, 15) is 9.59 Å². The molecule has 3 atom stereocenters. The van der Waals surface area contributed by atoms with Crippen molar-refractivity contribution in [1.29, 1.82) is 0 Å². The first-order chi connectivity index (χ1) is 9.62. The molecule has 3 unspecified atom stereocenters. The topological polar surface area (TPSA) is 75.4 Å². The van der Waals surface area contributed by atoms with Crippen molar-refractivity contribution in [2.75, 3.05) is 19.6 Å². The maximum Gasteiger partial charge on any atom is 0.226 e. The van der Waals surface area contributed by atoms with Gasteiger partial charge in [-0.15, -0.1) is 12.4 Å². The summed E-state index contributed by atoms with van der Waals surface area (Å²) in [6.45, 7) is 11.6. The number of carbonyl (C=O) groups excluding carboxylic acids is 2. The summed E-state index contributed by atoms with van der Waals surface area (Å²) in [7, 11) is 0. The summed E-state index contributed by atoms with van der Waals surface area (Å²) in [6.07, 6.45) is 2.05. The highest BCUT2D eigenvalue weighted by Gasteiger charge is 2.29. The summed E-state index contributed by atoms with van der Waals surface area (Å²) < 4.78 is 0. The van der Waals surface area contributed by atoms with Crippen molar-refractivity contribution in [2.45, 2.75) is 53.5 Å². The number of piperidine rings is 1. The molecule has 0 radical (unpaired) electrons. The Balaban J connectivity index is 0.00000441. The summed E-state index contributed by atoms with van der Waals surface area (Å²) in [5.41, 5.74) is 5.45. The van der Waals surface area contributed by atoms with Crippen LogP contribution in [0.3, 0.4) is 0 Å². The van der Waals surface area contributed by atoms with E-state index < -0.39 is 0 Å². The Bertz CT molecular complexity index is 380. The van der Waals surface area contributed by atoms with Crippen molar-refractivity contribution in [3.8, 4) is 0 Å². The molecule has 0 aliphatic carbocycles. The molecule has 1 saturated heterocycles. The molecule has 1 rings (SSSR count). The van der Waals surface area contributed by atoms with E-state index in [0.717, 1.165) is 25.9 Å². The summed E-state index contributed by atoms with van der Waals surface area (Å²) in [5, 5.41) is 3.00. The SMILES string of the molecule is CC(N)C(C)C(=O)N1CCCC(CNC(=O)C(C)(C)C)C1.Cl. The smallest absolute Gasteiger partial charge is 0.226 e. The average molecular weight is 334 g/mol. The van der Waals surface area contributed by atoms with Crippen LogP contribution < -0.4 is 11.1 Å². The minimum absolute atomic E-state index is 0. The third-order valence-corrected chi connectivity index (χ3v) is 4.24. The molecular weight excluding hydrogens is 302 g/mol. The molecule has 0 aromatic carbocycles. The number of amides is 2. The van der Waals surface area contributed by atoms with Gasteiger partial charge in [0.1, 0.15) is 0 Å². The zero-order valence-electron chi connectivity index (χ0n) is 14.5. The number of nitrogens with two attached hydrogens (primary N) is 1. The van der Waals surface area contributed by atoms with Gasteiger partial charge in [-0.25, -0.2) is 0 Å². The second-order valence-corrected chi connectivity index (χ2v) is 7.40. The standard InChI is InChI=1S/C16H31N3O2.ClH/c1-11(12(2)17)14(20)19-8-6-7-13(10-19)9-18-15(21)16(3,4)5;/h11-13H,6-10,17H2,1-5H3,(H,18,21);1H. The van der Waals surface area contributed by atoms with Gasteiger partial charge in [0.2, 0.25) is 11.8 Å². The van der Waals surface area contributed by atoms with Crippen LogP contribution in [-0.4, -0.2) is 42.4 Å². The average Bonchev–Trinajstić information content (AvgIpc) is 2.42. The summed E-state index contributed by atoms with van der Waals surface area (Å²) in [5.74, 6) is 0.397. The van der Waals surface area contributed by atoms with Crippen molar-refractivity contribution in [3.05, 3.63) is 0 Å². The lowest BCUT2D eigenvalue weighted by Crippen LogP contribution is -2.48. The van der Waals surface area contributed by atoms with E-state index in [1.807, 2.05) is 39.5 Å². The number of halogens is 1. The van der Waals surface area contributed by atoms with Gasteiger partial charge in [0.15, 0.2) is 0 Å². The summed E-state index contributed by atoms with van der Waals surface area (Å²) >= 11 is 0. The number of rotatable bonds is 4. The van der Waals surface area contributed by atoms with Gasteiger partial charge in [0, 0.05) is 31.1 Å². The summed E-state index contributed by atoms with van der Waals surface area (Å²) in [4.78, 5) is 26.2. The third kappa shape index (κ3) is 6.13. The number of hydrogen-bond acceptors (Lipinski definition) is 3. The van der Waals surface area contributed by atoms with E-state index >= 15 is 0 Å². The lowest BCUT2D eigenvalue weighted by atomic mass is 9.93. The molecule has 1 fully saturated rings. The Morgan fingerprint density at radius 3 is 2.41 bits per heavy atom. The van der Waals surface area contributed by atoms with Crippen LogP contribution in [0, 0.1) is 17.3 Å². The Labute approximate surface area is 140 Å². The molecule has 1 aliphatic rings. The van der Waals surface area contributed by atoms with Crippen molar-refractivity contribution < 1.29 is 9.59 Å². The molecule has 6 heteroatoms. The highest BCUT2D eigenvalue weighted by molar-refractivity contribution is 5.85. The minimum Gasteiger partial charge on any atom is -0.355 e. The highest BCUT2D eigenvalue weighted by Crippen LogP contribution is 2.19. The van der Waals surface area contributed by atoms with Crippen molar-refractivity contribution in [1.82, 2.24) is 10.2 Å². The first kappa shape index (κ1) is 21.2. The molecule has 0 saturated carbocycles. The number of likely N-dealkylation sites (tertiary alicyclic amines) is 1. The number of nitrogens with zero attached hydrogens (tertiary/aromatic N) is 1. The first-order valence-electron chi connectivity index (χ1n) is 7.95. The van der Waals surface area contributed by atoms with E-state index in [4.69, 9.17) is 5.73 Å². The zero-order chi connectivity index (χ0) is 16.2. The van der Waals surface area contributed by atoms with E-state index in [2.05, 4.69) is 5.32 Å². The first-order valence-corrected chi connectivity index (χ1v) is 7.95. The van der Waals surface area contributed by atoms with Crippen molar-refractivity contribution >= 4 is 24.2 Å². The largest absolute Gasteiger partial charge is 0.355 e. The zero-order valence-corrected chi connectivity index (χ0v) is 15.3. The van der Waals surface area contributed by atoms with Gasteiger partial charge in [-0.3, -0.25) is 9.59 Å². The van der Waals surface area contributed by atoms with Gasteiger partial charge in [-0.2, -0.15) is 0 Å². The van der Waals surface area contributed by atoms with Crippen LogP contribution in [0.4, 0.5) is 0 Å². The van der Waals surface area contributed by atoms with Crippen LogP contribution in [-0.2, 0) is 9.59 Å². The fourth-order valence-electron chi connectivity index (χ4n) is 2.45. The predicted molar refractivity (Wildman–Crippen MR) is 91.8 cm³/mol. The lowest BCUT2D eigenvalue weighted by Gasteiger charge is -2.35. The second kappa shape index (κ2) is 8.73. The van der Waals surface area contributed by atoms with Gasteiger partial charge in [0.05, 0.1) is 5.92 Å². The van der Waals surface area contributed by atoms with Crippen LogP contribution in [0.5, 0.6) is 0 Å². The van der Waals surface area contributed by atoms with Gasteiger partial charge < -0.3 is 16.0 Å². The minimum atomic E-state index is -0.367. The van der Waals surface area contributed by atoms with Crippen LogP contribution in [0.1, 0.15) is 47.5 Å². The van der Waals surface area contributed by atoms with Crippen LogP contribution >= 0.6 is 12.4 Å². The van der Waals surface area contributed by atoms with Crippen molar-refractivity contribution in [2.24, 2.45) is 23.0 Å². The maximum atomic E-state index is 12.3. The van der Waals surface area contributed by atoms with Gasteiger partial charge in [0.25, 0.3) is 0 Å². The van der Waals surface area contributed by atoms with E-state index in [1.165, 1.54) is 0 Å². The quantitative estimate of drug-likeness (QED) is 0.823. The normalized spacial score (nSPS) is 21.5. The molecule has 0 bridgehead atoms. The molecule has 0 aromatic heterocycles.